The molecule has 3 aliphatic rings. The molecule has 0 radical (unpaired) electrons. The molecule has 0 aromatic heterocycles. The first-order valence-corrected chi connectivity index (χ1v) is 6.58. The highest BCUT2D eigenvalue weighted by Gasteiger charge is 2.53. The van der Waals surface area contributed by atoms with Crippen LogP contribution in [0.25, 0.3) is 0 Å². The first-order chi connectivity index (χ1) is 8.06. The number of hydrogen-bond donors (Lipinski definition) is 0. The number of rotatable bonds is 0. The second-order valence-corrected chi connectivity index (χ2v) is 5.85. The average molecular weight is 236 g/mol. The van der Waals surface area contributed by atoms with Crippen molar-refractivity contribution >= 4 is 5.78 Å². The molecule has 2 aliphatic carbocycles. The van der Waals surface area contributed by atoms with Crippen molar-refractivity contribution < 1.29 is 14.3 Å². The first kappa shape index (κ1) is 11.4. The van der Waals surface area contributed by atoms with Gasteiger partial charge in [-0.25, -0.2) is 0 Å². The van der Waals surface area contributed by atoms with E-state index in [2.05, 4.69) is 6.08 Å². The maximum absolute atomic E-state index is 12.1. The van der Waals surface area contributed by atoms with E-state index >= 15 is 0 Å². The Morgan fingerprint density at radius 2 is 2.00 bits per heavy atom. The summed E-state index contributed by atoms with van der Waals surface area (Å²) in [4.78, 5) is 12.1. The lowest BCUT2D eigenvalue weighted by Crippen LogP contribution is -2.49. The van der Waals surface area contributed by atoms with Crippen molar-refractivity contribution in [2.24, 2.45) is 11.3 Å². The molecular formula is C14H20O3. The van der Waals surface area contributed by atoms with Gasteiger partial charge < -0.3 is 9.47 Å². The summed E-state index contributed by atoms with van der Waals surface area (Å²) >= 11 is 0. The van der Waals surface area contributed by atoms with Crippen LogP contribution < -0.4 is 0 Å². The number of ether oxygens (including phenoxy) is 2. The predicted octanol–water partition coefficient (Wildman–Crippen LogP) is 2.46. The van der Waals surface area contributed by atoms with Crippen molar-refractivity contribution in [3.63, 3.8) is 0 Å². The maximum atomic E-state index is 12.1. The Morgan fingerprint density at radius 1 is 1.29 bits per heavy atom. The van der Waals surface area contributed by atoms with Gasteiger partial charge in [0.15, 0.2) is 5.79 Å². The zero-order chi connectivity index (χ0) is 12.1. The standard InChI is InChI=1S/C14H20O3/c1-13(2)10-4-3-7-14(16-8-9-17-14)11(10)5-6-12(13)15/h4,11H,3,5-9H2,1-2H3/t11-/m1/s1. The second kappa shape index (κ2) is 3.66. The van der Waals surface area contributed by atoms with E-state index in [9.17, 15) is 4.79 Å². The minimum Gasteiger partial charge on any atom is -0.347 e. The summed E-state index contributed by atoms with van der Waals surface area (Å²) in [6, 6.07) is 0. The SMILES string of the molecule is CC1(C)C(=O)CC[C@@H]2C1=CCCC21OCCO1. The Hall–Kier alpha value is -0.670. The lowest BCUT2D eigenvalue weighted by molar-refractivity contribution is -0.201. The summed E-state index contributed by atoms with van der Waals surface area (Å²) < 4.78 is 11.8. The van der Waals surface area contributed by atoms with Crippen LogP contribution in [0, 0.1) is 11.3 Å². The molecule has 0 aromatic rings. The van der Waals surface area contributed by atoms with Crippen LogP contribution in [0.4, 0.5) is 0 Å². The molecule has 0 bridgehead atoms. The molecule has 1 saturated heterocycles. The first-order valence-electron chi connectivity index (χ1n) is 6.58. The Balaban J connectivity index is 1.99. The fourth-order valence-corrected chi connectivity index (χ4v) is 3.61. The van der Waals surface area contributed by atoms with Gasteiger partial charge in [0, 0.05) is 24.2 Å². The normalized spacial score (nSPS) is 34.6. The van der Waals surface area contributed by atoms with Gasteiger partial charge >= 0.3 is 0 Å². The topological polar surface area (TPSA) is 35.5 Å². The molecule has 3 heteroatoms. The van der Waals surface area contributed by atoms with Gasteiger partial charge in [-0.05, 0) is 26.7 Å². The van der Waals surface area contributed by atoms with Crippen molar-refractivity contribution in [1.29, 1.82) is 0 Å². The Bertz CT molecular complexity index is 375. The number of fused-ring (bicyclic) bond motifs is 2. The van der Waals surface area contributed by atoms with E-state index in [0.717, 1.165) is 19.3 Å². The molecule has 0 aromatic carbocycles. The monoisotopic (exact) mass is 236 g/mol. The lowest BCUT2D eigenvalue weighted by Gasteiger charge is -2.47. The summed E-state index contributed by atoms with van der Waals surface area (Å²) in [5, 5.41) is 0. The van der Waals surface area contributed by atoms with E-state index in [-0.39, 0.29) is 11.3 Å². The van der Waals surface area contributed by atoms with Gasteiger partial charge in [-0.1, -0.05) is 11.6 Å². The molecule has 1 aliphatic heterocycles. The highest BCUT2D eigenvalue weighted by molar-refractivity contribution is 5.88. The smallest absolute Gasteiger partial charge is 0.175 e. The molecular weight excluding hydrogens is 216 g/mol. The summed E-state index contributed by atoms with van der Waals surface area (Å²) in [5.41, 5.74) is 0.924. The average Bonchev–Trinajstić information content (AvgIpc) is 2.74. The van der Waals surface area contributed by atoms with Crippen LogP contribution in [0.5, 0.6) is 0 Å². The van der Waals surface area contributed by atoms with E-state index < -0.39 is 5.79 Å². The molecule has 0 N–H and O–H groups in total. The van der Waals surface area contributed by atoms with Crippen molar-refractivity contribution in [2.75, 3.05) is 13.2 Å². The maximum Gasteiger partial charge on any atom is 0.175 e. The van der Waals surface area contributed by atoms with Crippen LogP contribution in [0.15, 0.2) is 11.6 Å². The molecule has 2 fully saturated rings. The van der Waals surface area contributed by atoms with Gasteiger partial charge in [-0.15, -0.1) is 0 Å². The summed E-state index contributed by atoms with van der Waals surface area (Å²) in [6.45, 7) is 5.47. The molecule has 94 valence electrons. The van der Waals surface area contributed by atoms with Crippen molar-refractivity contribution in [3.05, 3.63) is 11.6 Å². The molecule has 1 saturated carbocycles. The minimum absolute atomic E-state index is 0.284. The quantitative estimate of drug-likeness (QED) is 0.606. The van der Waals surface area contributed by atoms with Gasteiger partial charge in [0.25, 0.3) is 0 Å². The fourth-order valence-electron chi connectivity index (χ4n) is 3.61. The van der Waals surface area contributed by atoms with Gasteiger partial charge in [0.2, 0.25) is 0 Å². The molecule has 1 heterocycles. The molecule has 0 unspecified atom stereocenters. The highest BCUT2D eigenvalue weighted by Crippen LogP contribution is 2.52. The van der Waals surface area contributed by atoms with Crippen LogP contribution in [0.1, 0.15) is 39.5 Å². The van der Waals surface area contributed by atoms with Gasteiger partial charge in [0.1, 0.15) is 5.78 Å². The number of carbonyl (C=O) groups excluding carboxylic acids is 1. The Labute approximate surface area is 102 Å². The molecule has 17 heavy (non-hydrogen) atoms. The third-order valence-corrected chi connectivity index (χ3v) is 4.62. The van der Waals surface area contributed by atoms with Gasteiger partial charge in [-0.3, -0.25) is 4.79 Å². The molecule has 3 nitrogen and oxygen atoms in total. The molecule has 0 amide bonds. The van der Waals surface area contributed by atoms with Gasteiger partial charge in [-0.2, -0.15) is 0 Å². The summed E-state index contributed by atoms with van der Waals surface area (Å²) in [6.07, 6.45) is 5.68. The predicted molar refractivity (Wildman–Crippen MR) is 63.5 cm³/mol. The summed E-state index contributed by atoms with van der Waals surface area (Å²) in [5.74, 6) is 0.226. The molecule has 1 atom stereocenters. The number of carbonyl (C=O) groups is 1. The third-order valence-electron chi connectivity index (χ3n) is 4.62. The fraction of sp³-hybridized carbons (Fsp3) is 0.786. The Morgan fingerprint density at radius 3 is 2.71 bits per heavy atom. The summed E-state index contributed by atoms with van der Waals surface area (Å²) in [7, 11) is 0. The van der Waals surface area contributed by atoms with Crippen molar-refractivity contribution in [2.45, 2.75) is 45.3 Å². The zero-order valence-corrected chi connectivity index (χ0v) is 10.6. The largest absolute Gasteiger partial charge is 0.347 e. The van der Waals surface area contributed by atoms with Crippen molar-refractivity contribution in [3.8, 4) is 0 Å². The van der Waals surface area contributed by atoms with Crippen LogP contribution in [-0.2, 0) is 14.3 Å². The van der Waals surface area contributed by atoms with E-state index in [1.807, 2.05) is 13.8 Å². The van der Waals surface area contributed by atoms with Crippen LogP contribution in [0.3, 0.4) is 0 Å². The number of hydrogen-bond acceptors (Lipinski definition) is 3. The third kappa shape index (κ3) is 1.52. The van der Waals surface area contributed by atoms with Crippen LogP contribution in [-0.4, -0.2) is 24.8 Å². The molecule has 1 spiro atoms. The van der Waals surface area contributed by atoms with E-state index in [0.29, 0.717) is 25.4 Å². The van der Waals surface area contributed by atoms with Crippen LogP contribution >= 0.6 is 0 Å². The van der Waals surface area contributed by atoms with Crippen LogP contribution in [0.2, 0.25) is 0 Å². The Kier molecular flexibility index (Phi) is 2.46. The number of Topliss-reactive ketones (excluding diaryl/α,β-unsaturated/α-hetero) is 1. The van der Waals surface area contributed by atoms with E-state index in [1.165, 1.54) is 5.57 Å². The highest BCUT2D eigenvalue weighted by atomic mass is 16.7. The zero-order valence-electron chi connectivity index (χ0n) is 10.6. The van der Waals surface area contributed by atoms with Gasteiger partial charge in [0.05, 0.1) is 13.2 Å². The lowest BCUT2D eigenvalue weighted by atomic mass is 9.62. The molecule has 3 rings (SSSR count). The van der Waals surface area contributed by atoms with E-state index in [1.54, 1.807) is 0 Å². The van der Waals surface area contributed by atoms with Crippen molar-refractivity contribution in [1.82, 2.24) is 0 Å². The minimum atomic E-state index is -0.415. The van der Waals surface area contributed by atoms with E-state index in [4.69, 9.17) is 9.47 Å². The second-order valence-electron chi connectivity index (χ2n) is 5.85. The number of ketones is 1. The number of allylic oxidation sites excluding steroid dienone is 1.